The number of nitrogens with one attached hydrogen (secondary N) is 1. The summed E-state index contributed by atoms with van der Waals surface area (Å²) in [6.45, 7) is 2.62. The third-order valence-electron chi connectivity index (χ3n) is 6.54. The van der Waals surface area contributed by atoms with Gasteiger partial charge in [0.05, 0.1) is 11.1 Å². The second-order valence-corrected chi connectivity index (χ2v) is 9.60. The number of rotatable bonds is 11. The average molecular weight is 532 g/mol. The van der Waals surface area contributed by atoms with Gasteiger partial charge < -0.3 is 10.2 Å². The van der Waals surface area contributed by atoms with Gasteiger partial charge in [-0.15, -0.1) is 0 Å². The molecule has 4 rings (SSSR count). The van der Waals surface area contributed by atoms with Crippen molar-refractivity contribution in [2.75, 3.05) is 13.1 Å². The van der Waals surface area contributed by atoms with E-state index in [2.05, 4.69) is 5.32 Å². The zero-order valence-corrected chi connectivity index (χ0v) is 22.0. The third-order valence-corrected chi connectivity index (χ3v) is 6.79. The molecule has 0 bridgehead atoms. The first-order valence-corrected chi connectivity index (χ1v) is 13.1. The lowest BCUT2D eigenvalue weighted by Crippen LogP contribution is -2.50. The van der Waals surface area contributed by atoms with E-state index in [9.17, 15) is 19.2 Å². The first-order chi connectivity index (χ1) is 18.4. The molecule has 4 amide bonds. The van der Waals surface area contributed by atoms with Crippen LogP contribution < -0.4 is 5.32 Å². The van der Waals surface area contributed by atoms with Crippen LogP contribution in [0.4, 0.5) is 0 Å². The molecule has 0 saturated carbocycles. The fourth-order valence-corrected chi connectivity index (χ4v) is 4.73. The average Bonchev–Trinajstić information content (AvgIpc) is 3.17. The summed E-state index contributed by atoms with van der Waals surface area (Å²) in [4.78, 5) is 55.0. The Kier molecular flexibility index (Phi) is 8.92. The maximum absolute atomic E-state index is 13.6. The summed E-state index contributed by atoms with van der Waals surface area (Å²) in [5.41, 5.74) is 2.54. The van der Waals surface area contributed by atoms with Crippen LogP contribution in [0.3, 0.4) is 0 Å². The van der Waals surface area contributed by atoms with Gasteiger partial charge in [0.25, 0.3) is 11.8 Å². The van der Waals surface area contributed by atoms with Gasteiger partial charge in [-0.1, -0.05) is 66.2 Å². The molecule has 1 aliphatic rings. The Labute approximate surface area is 227 Å². The van der Waals surface area contributed by atoms with Gasteiger partial charge in [-0.05, 0) is 48.7 Å². The fourth-order valence-electron chi connectivity index (χ4n) is 4.61. The number of amides is 4. The molecule has 1 unspecified atom stereocenters. The van der Waals surface area contributed by atoms with Gasteiger partial charge in [0.2, 0.25) is 11.8 Å². The van der Waals surface area contributed by atoms with E-state index >= 15 is 0 Å². The van der Waals surface area contributed by atoms with Crippen LogP contribution in [0.2, 0.25) is 5.02 Å². The number of benzene rings is 3. The number of carbonyl (C=O) groups is 4. The minimum absolute atomic E-state index is 0.0751. The highest BCUT2D eigenvalue weighted by Gasteiger charge is 2.35. The van der Waals surface area contributed by atoms with Gasteiger partial charge in [-0.25, -0.2) is 0 Å². The van der Waals surface area contributed by atoms with Crippen molar-refractivity contribution in [3.05, 3.63) is 106 Å². The smallest absolute Gasteiger partial charge is 0.261 e. The monoisotopic (exact) mass is 531 g/mol. The Morgan fingerprint density at radius 1 is 0.868 bits per heavy atom. The molecule has 196 valence electrons. The molecule has 0 radical (unpaired) electrons. The first kappa shape index (κ1) is 27.1. The van der Waals surface area contributed by atoms with Crippen LogP contribution in [0.1, 0.15) is 51.6 Å². The molecular weight excluding hydrogens is 502 g/mol. The van der Waals surface area contributed by atoms with Crippen molar-refractivity contribution in [3.8, 4) is 0 Å². The SMILES string of the molecule is CCNC(=O)C(Cc1ccccc1)N(Cc1ccc(Cl)cc1)C(=O)CCCN1C(=O)c2ccccc2C1=O. The van der Waals surface area contributed by atoms with Gasteiger partial charge in [0.1, 0.15) is 6.04 Å². The van der Waals surface area contributed by atoms with E-state index < -0.39 is 6.04 Å². The molecule has 0 saturated heterocycles. The molecule has 3 aromatic rings. The molecule has 38 heavy (non-hydrogen) atoms. The van der Waals surface area contributed by atoms with E-state index in [1.54, 1.807) is 41.3 Å². The molecule has 1 atom stereocenters. The maximum atomic E-state index is 13.6. The number of hydrogen-bond acceptors (Lipinski definition) is 4. The number of likely N-dealkylation sites (N-methyl/N-ethyl adjacent to an activating group) is 1. The van der Waals surface area contributed by atoms with Crippen molar-refractivity contribution in [2.45, 2.75) is 38.8 Å². The van der Waals surface area contributed by atoms with Crippen LogP contribution in [0.25, 0.3) is 0 Å². The molecular formula is C30H30ClN3O4. The van der Waals surface area contributed by atoms with E-state index in [1.807, 2.05) is 49.4 Å². The Balaban J connectivity index is 1.52. The standard InChI is InChI=1S/C30H30ClN3O4/c1-2-32-28(36)26(19-21-9-4-3-5-10-21)34(20-22-14-16-23(31)17-15-22)27(35)13-8-18-33-29(37)24-11-6-7-12-25(24)30(33)38/h3-7,9-12,14-17,26H,2,8,13,18-20H2,1H3,(H,32,36). The highest BCUT2D eigenvalue weighted by Crippen LogP contribution is 2.23. The number of halogens is 1. The molecule has 0 aliphatic carbocycles. The summed E-state index contributed by atoms with van der Waals surface area (Å²) >= 11 is 6.06. The van der Waals surface area contributed by atoms with Crippen LogP contribution in [-0.4, -0.2) is 52.6 Å². The van der Waals surface area contributed by atoms with E-state index in [1.165, 1.54) is 4.90 Å². The zero-order valence-electron chi connectivity index (χ0n) is 21.2. The van der Waals surface area contributed by atoms with Crippen LogP contribution in [0.5, 0.6) is 0 Å². The second-order valence-electron chi connectivity index (χ2n) is 9.16. The van der Waals surface area contributed by atoms with Gasteiger partial charge in [-0.2, -0.15) is 0 Å². The Bertz CT molecular complexity index is 1280. The highest BCUT2D eigenvalue weighted by molar-refractivity contribution is 6.30. The van der Waals surface area contributed by atoms with Gasteiger partial charge in [0.15, 0.2) is 0 Å². The van der Waals surface area contributed by atoms with Crippen molar-refractivity contribution in [3.63, 3.8) is 0 Å². The molecule has 0 fully saturated rings. The van der Waals surface area contributed by atoms with Crippen LogP contribution in [-0.2, 0) is 22.6 Å². The zero-order chi connectivity index (χ0) is 27.1. The third kappa shape index (κ3) is 6.29. The number of hydrogen-bond donors (Lipinski definition) is 1. The maximum Gasteiger partial charge on any atom is 0.261 e. The Morgan fingerprint density at radius 2 is 1.47 bits per heavy atom. The van der Waals surface area contributed by atoms with Crippen molar-refractivity contribution in [1.29, 1.82) is 0 Å². The normalized spacial score (nSPS) is 13.3. The molecule has 0 aromatic heterocycles. The first-order valence-electron chi connectivity index (χ1n) is 12.7. The summed E-state index contributed by atoms with van der Waals surface area (Å²) in [5, 5.41) is 3.45. The van der Waals surface area contributed by atoms with E-state index in [0.29, 0.717) is 29.1 Å². The number of fused-ring (bicyclic) bond motifs is 1. The van der Waals surface area contributed by atoms with Crippen LogP contribution in [0.15, 0.2) is 78.9 Å². The van der Waals surface area contributed by atoms with E-state index in [0.717, 1.165) is 11.1 Å². The number of carbonyl (C=O) groups excluding carboxylic acids is 4. The minimum Gasteiger partial charge on any atom is -0.355 e. The topological polar surface area (TPSA) is 86.8 Å². The van der Waals surface area contributed by atoms with Crippen molar-refractivity contribution in [2.24, 2.45) is 0 Å². The van der Waals surface area contributed by atoms with Gasteiger partial charge >= 0.3 is 0 Å². The quantitative estimate of drug-likeness (QED) is 0.369. The summed E-state index contributed by atoms with van der Waals surface area (Å²) in [5.74, 6) is -1.16. The molecule has 3 aromatic carbocycles. The fraction of sp³-hybridized carbons (Fsp3) is 0.267. The molecule has 7 nitrogen and oxygen atoms in total. The van der Waals surface area contributed by atoms with Gasteiger partial charge in [0, 0.05) is 37.5 Å². The minimum atomic E-state index is -0.736. The van der Waals surface area contributed by atoms with Crippen molar-refractivity contribution < 1.29 is 19.2 Å². The van der Waals surface area contributed by atoms with Crippen LogP contribution in [0, 0.1) is 0 Å². The Hall–Kier alpha value is -3.97. The van der Waals surface area contributed by atoms with Crippen molar-refractivity contribution >= 4 is 35.2 Å². The predicted molar refractivity (Wildman–Crippen MR) is 146 cm³/mol. The predicted octanol–water partition coefficient (Wildman–Crippen LogP) is 4.49. The lowest BCUT2D eigenvalue weighted by molar-refractivity contribution is -0.141. The summed E-state index contributed by atoms with van der Waals surface area (Å²) < 4.78 is 0. The molecule has 1 heterocycles. The lowest BCUT2D eigenvalue weighted by Gasteiger charge is -2.31. The Morgan fingerprint density at radius 3 is 2.08 bits per heavy atom. The van der Waals surface area contributed by atoms with Crippen LogP contribution >= 0.6 is 11.6 Å². The van der Waals surface area contributed by atoms with E-state index in [4.69, 9.17) is 11.6 Å². The largest absolute Gasteiger partial charge is 0.355 e. The molecule has 0 spiro atoms. The highest BCUT2D eigenvalue weighted by atomic mass is 35.5. The molecule has 8 heteroatoms. The van der Waals surface area contributed by atoms with Gasteiger partial charge in [-0.3, -0.25) is 24.1 Å². The summed E-state index contributed by atoms with van der Waals surface area (Å²) in [6, 6.07) is 22.7. The molecule has 1 N–H and O–H groups in total. The second kappa shape index (κ2) is 12.5. The lowest BCUT2D eigenvalue weighted by atomic mass is 10.0. The summed E-state index contributed by atoms with van der Waals surface area (Å²) in [7, 11) is 0. The number of nitrogens with zero attached hydrogens (tertiary/aromatic N) is 2. The summed E-state index contributed by atoms with van der Waals surface area (Å²) in [6.07, 6.45) is 0.713. The van der Waals surface area contributed by atoms with Crippen molar-refractivity contribution in [1.82, 2.24) is 15.1 Å². The molecule has 1 aliphatic heterocycles. The van der Waals surface area contributed by atoms with E-state index in [-0.39, 0.29) is 49.6 Å². The number of imide groups is 1.